The molecule has 136 heavy (non-hydrogen) atoms. The van der Waals surface area contributed by atoms with Gasteiger partial charge in [0.15, 0.2) is 23.7 Å². The van der Waals surface area contributed by atoms with Crippen molar-refractivity contribution in [3.63, 3.8) is 0 Å². The normalized spacial score (nSPS) is 23.7. The predicted molar refractivity (Wildman–Crippen MR) is 519 cm³/mol. The number of aromatic nitrogens is 4. The number of Topliss-reactive ketones (excluding diaryl/α,β-unsaturated/α-hetero) is 5. The molecule has 726 valence electrons. The lowest BCUT2D eigenvalue weighted by Gasteiger charge is -2.28. The van der Waals surface area contributed by atoms with E-state index in [4.69, 9.17) is 44.6 Å². The monoisotopic (exact) mass is 1900 g/mol. The van der Waals surface area contributed by atoms with E-state index < -0.39 is 216 Å². The number of fused-ring (bicyclic) bond motifs is 7. The molecule has 0 aliphatic carbocycles. The van der Waals surface area contributed by atoms with Crippen molar-refractivity contribution in [1.29, 1.82) is 21.6 Å². The Morgan fingerprint density at radius 2 is 0.868 bits per heavy atom. The fourth-order valence-corrected chi connectivity index (χ4v) is 19.1. The van der Waals surface area contributed by atoms with Crippen LogP contribution in [0.2, 0.25) is 0 Å². The van der Waals surface area contributed by atoms with E-state index in [0.717, 1.165) is 27.0 Å². The lowest BCUT2D eigenvalue weighted by atomic mass is 9.80. The van der Waals surface area contributed by atoms with Gasteiger partial charge in [-0.05, 0) is 99.1 Å². The molecule has 7 aromatic rings. The summed E-state index contributed by atoms with van der Waals surface area (Å²) in [5, 5.41) is 66.7. The summed E-state index contributed by atoms with van der Waals surface area (Å²) < 4.78 is 0. The molecule has 0 unspecified atom stereocenters. The van der Waals surface area contributed by atoms with Gasteiger partial charge in [0, 0.05) is 184 Å². The lowest BCUT2D eigenvalue weighted by Crippen LogP contribution is -2.61. The molecule has 14 atom stereocenters. The molecular weight excluding hydrogens is 1780 g/mol. The number of para-hydroxylation sites is 2. The van der Waals surface area contributed by atoms with E-state index in [1.165, 1.54) is 26.4 Å². The number of hydrogen-bond donors (Lipinski definition) is 23. The Morgan fingerprint density at radius 3 is 1.41 bits per heavy atom. The maximum Gasteiger partial charge on any atom is 0.244 e. The third-order valence-corrected chi connectivity index (χ3v) is 26.7. The van der Waals surface area contributed by atoms with E-state index in [0.29, 0.717) is 62.9 Å². The van der Waals surface area contributed by atoms with Crippen LogP contribution in [0.5, 0.6) is 0 Å². The van der Waals surface area contributed by atoms with Gasteiger partial charge in [0.05, 0.1) is 29.8 Å². The Morgan fingerprint density at radius 1 is 0.404 bits per heavy atom. The number of guanidine groups is 3. The van der Waals surface area contributed by atoms with Crippen molar-refractivity contribution in [3.05, 3.63) is 174 Å². The SMILES string of the molecule is C[C@@H]1CC(=O)[C@@H]2CSSC[C@H](NC(=O)[C@H](CCCNC(=N)N)NC(=O)[C@H](Cc3c[nH]c4ccccc34)NC(=O)[C@H](CCCNC(=N)N)NC(=O)[C@@H](Cc3ccccc3)NC(=O)[C@H](Cc3c[nH]cn3)CC1=O)C(=O)N[C@@H](C)C(=O)N[C@@H](CC1=CCC=N1)C(=O)N[C@H](Cc1ccccc1)C(=O)N[C@@H](CCCCC(=N)N)C(=O)C[C@@H](Cc1c[nH]c3ccccc13)C(=O)C[C@@H](CCCNC(=N)N)C(=O)C2. The third-order valence-electron chi connectivity index (χ3n) is 24.2. The molecule has 41 heteroatoms. The standard InChI is InChI=1S/C95H125N25O14S2/c1-54-37-79(122)63-46-80(123)58(23-15-34-106-93(98)99)43-81(124)59(40-61-48-109-68-27-11-9-25-66(61)68)44-82(125)70(29-13-14-32-83(96)97)113-88(130)74(39-57-21-7-4-8-22-57)118-91(133)76(47-64-24-16-33-105-64)116-84(126)55(2)112-92(134)77(52-136-135-51-63)120-87(129)72(31-18-36-108-95(102)103)115-90(132)75(42-62-49-110-69-28-12-10-26-67(62)69)119-86(128)71(30-17-35-107-94(100)101)114-89(131)73(38-56-19-5-3-6-20-56)117-85(127)60(45-78(54)121)41-65-50-104-53-111-65/h3-12,19-22,24-28,33,48-50,53-55,58-60,63,70-77,109-110H,13-18,23,29-32,34-47,51-52H2,1-2H3,(H3,96,97)(H,104,111)(H,112,134)(H,113,130)(H,114,131)(H,115,132)(H,116,126)(H,117,127)(H,118,133)(H,119,128)(H,120,129)(H4,98,99,106)(H4,100,101,107)(H4,102,103,108)/t54-,55+,58-,59-,60-,63+,70+,71+,72+,73-,74-,75+,76+,77+/m1/s1. The van der Waals surface area contributed by atoms with Gasteiger partial charge < -0.3 is 102 Å². The van der Waals surface area contributed by atoms with Crippen molar-refractivity contribution in [3.8, 4) is 0 Å². The first-order chi connectivity index (χ1) is 65.3. The summed E-state index contributed by atoms with van der Waals surface area (Å²) in [4.78, 5) is 235. The van der Waals surface area contributed by atoms with Crippen LogP contribution in [0.1, 0.15) is 151 Å². The zero-order chi connectivity index (χ0) is 97.7. The van der Waals surface area contributed by atoms with Crippen molar-refractivity contribution >= 4 is 155 Å². The number of amidine groups is 1. The van der Waals surface area contributed by atoms with Crippen LogP contribution < -0.4 is 86.7 Å². The quantitative estimate of drug-likeness (QED) is 0.0138. The first-order valence-corrected chi connectivity index (χ1v) is 48.3. The fourth-order valence-electron chi connectivity index (χ4n) is 16.6. The minimum atomic E-state index is -1.70. The van der Waals surface area contributed by atoms with E-state index in [2.05, 4.69) is 88.7 Å². The number of rotatable bonds is 29. The molecule has 3 aliphatic heterocycles. The topological polar surface area (TPSA) is 655 Å². The van der Waals surface area contributed by atoms with E-state index in [-0.39, 0.29) is 133 Å². The van der Waals surface area contributed by atoms with Gasteiger partial charge in [-0.2, -0.15) is 0 Å². The Hall–Kier alpha value is -13.9. The highest BCUT2D eigenvalue weighted by molar-refractivity contribution is 8.76. The number of carbonyl (C=O) groups is 14. The lowest BCUT2D eigenvalue weighted by molar-refractivity contribution is -0.136. The van der Waals surface area contributed by atoms with Crippen LogP contribution in [-0.4, -0.2) is 217 Å². The number of aliphatic imine (C=N–C) groups is 1. The van der Waals surface area contributed by atoms with Crippen LogP contribution >= 0.6 is 21.6 Å². The number of carbonyl (C=O) groups excluding carboxylic acids is 14. The average Bonchev–Trinajstić information content (AvgIpc) is 1.66. The number of allylic oxidation sites excluding steroid dienone is 1. The molecule has 2 fully saturated rings. The molecule has 9 amide bonds. The third kappa shape index (κ3) is 33.1. The summed E-state index contributed by atoms with van der Waals surface area (Å²) in [7, 11) is 1.93. The average molecular weight is 1910 g/mol. The second-order valence-electron chi connectivity index (χ2n) is 34.8. The van der Waals surface area contributed by atoms with Crippen LogP contribution in [0, 0.1) is 51.2 Å². The number of nitrogens with two attached hydrogens (primary N) is 4. The summed E-state index contributed by atoms with van der Waals surface area (Å²) in [6, 6.07) is 17.8. The number of benzene rings is 4. The highest BCUT2D eigenvalue weighted by atomic mass is 33.1. The summed E-state index contributed by atoms with van der Waals surface area (Å²) in [5.41, 5.74) is 27.4. The van der Waals surface area contributed by atoms with Gasteiger partial charge in [-0.1, -0.05) is 138 Å². The molecule has 10 rings (SSSR count). The van der Waals surface area contributed by atoms with Gasteiger partial charge in [-0.3, -0.25) is 93.8 Å². The van der Waals surface area contributed by atoms with Crippen molar-refractivity contribution in [2.45, 2.75) is 209 Å². The number of H-pyrrole nitrogens is 3. The number of unbranched alkanes of at least 4 members (excludes halogenated alkanes) is 1. The highest BCUT2D eigenvalue weighted by Gasteiger charge is 2.41. The summed E-state index contributed by atoms with van der Waals surface area (Å²) in [6.45, 7) is 2.84. The molecule has 2 bridgehead atoms. The first-order valence-electron chi connectivity index (χ1n) is 45.9. The van der Waals surface area contributed by atoms with Crippen LogP contribution in [0.3, 0.4) is 0 Å². The van der Waals surface area contributed by atoms with Crippen molar-refractivity contribution < 1.29 is 67.1 Å². The number of ketones is 5. The van der Waals surface area contributed by atoms with Gasteiger partial charge in [0.2, 0.25) is 53.2 Å². The Bertz CT molecular complexity index is 5460. The first kappa shape index (κ1) is 104. The number of amides is 9. The highest BCUT2D eigenvalue weighted by Crippen LogP contribution is 2.33. The molecule has 4 aromatic carbocycles. The van der Waals surface area contributed by atoms with Gasteiger partial charge in [-0.15, -0.1) is 0 Å². The number of hydrogen-bond acceptors (Lipinski definition) is 22. The maximum atomic E-state index is 15.9. The largest absolute Gasteiger partial charge is 0.388 e. The number of imidazole rings is 1. The molecule has 0 spiro atoms. The molecule has 3 aliphatic rings. The summed E-state index contributed by atoms with van der Waals surface area (Å²) in [5.74, 6) is -19.4. The Balaban J connectivity index is 1.11. The Labute approximate surface area is 795 Å². The molecule has 27 N–H and O–H groups in total. The molecule has 2 saturated heterocycles. The smallest absolute Gasteiger partial charge is 0.244 e. The number of nitrogens with one attached hydrogen (secondary N) is 19. The number of aromatic amines is 3. The van der Waals surface area contributed by atoms with Crippen molar-refractivity contribution in [1.82, 2.24) is 83.7 Å². The molecule has 3 aromatic heterocycles. The molecule has 39 nitrogen and oxygen atoms in total. The van der Waals surface area contributed by atoms with Gasteiger partial charge in [0.25, 0.3) is 0 Å². The zero-order valence-electron chi connectivity index (χ0n) is 76.3. The molecular formula is C95H125N25O14S2. The summed E-state index contributed by atoms with van der Waals surface area (Å²) >= 11 is 0. The molecule has 0 saturated carbocycles. The minimum Gasteiger partial charge on any atom is -0.388 e. The van der Waals surface area contributed by atoms with Crippen LogP contribution in [0.15, 0.2) is 151 Å². The Kier molecular flexibility index (Phi) is 40.4. The maximum absolute atomic E-state index is 15.9. The number of nitrogens with zero attached hydrogens (tertiary/aromatic N) is 2. The van der Waals surface area contributed by atoms with Crippen molar-refractivity contribution in [2.75, 3.05) is 31.1 Å². The minimum absolute atomic E-state index is 0.00913. The van der Waals surface area contributed by atoms with Crippen LogP contribution in [0.4, 0.5) is 0 Å². The second kappa shape index (κ2) is 52.7. The fraction of sp³-hybridized carbons (Fsp3) is 0.453. The molecule has 6 heterocycles. The van der Waals surface area contributed by atoms with Crippen LogP contribution in [0.25, 0.3) is 21.8 Å². The van der Waals surface area contributed by atoms with E-state index in [1.54, 1.807) is 110 Å². The zero-order valence-corrected chi connectivity index (χ0v) is 77.9. The molecule has 0 radical (unpaired) electrons. The predicted octanol–water partition coefficient (Wildman–Crippen LogP) is 3.61. The van der Waals surface area contributed by atoms with Crippen LogP contribution in [-0.2, 0) is 99.2 Å². The van der Waals surface area contributed by atoms with Gasteiger partial charge in [-0.25, -0.2) is 4.98 Å². The van der Waals surface area contributed by atoms with E-state index >= 15 is 67.1 Å². The van der Waals surface area contributed by atoms with E-state index in [1.807, 2.05) is 24.3 Å². The van der Waals surface area contributed by atoms with Gasteiger partial charge >= 0.3 is 0 Å². The summed E-state index contributed by atoms with van der Waals surface area (Å²) in [6.07, 6.45) is 6.58. The van der Waals surface area contributed by atoms with Gasteiger partial charge in [0.1, 0.15) is 71.5 Å². The second-order valence-corrected chi connectivity index (χ2v) is 37.3. The van der Waals surface area contributed by atoms with E-state index in [9.17, 15) is 0 Å². The van der Waals surface area contributed by atoms with Crippen molar-refractivity contribution in [2.24, 2.45) is 57.5 Å².